The number of rotatable bonds is 10. The molecule has 2 aromatic carbocycles. The summed E-state index contributed by atoms with van der Waals surface area (Å²) < 4.78 is 83.0. The highest BCUT2D eigenvalue weighted by Gasteiger charge is 2.36. The normalized spacial score (nSPS) is 18.6. The summed E-state index contributed by atoms with van der Waals surface area (Å²) in [6.45, 7) is 3.58. The van der Waals surface area contributed by atoms with E-state index >= 15 is 0 Å². The fourth-order valence-corrected chi connectivity index (χ4v) is 4.97. The molecule has 0 saturated carbocycles. The van der Waals surface area contributed by atoms with Crippen LogP contribution in [0.3, 0.4) is 0 Å². The van der Waals surface area contributed by atoms with E-state index < -0.39 is 45.6 Å². The number of amides is 1. The first-order chi connectivity index (χ1) is 16.3. The number of alkyl halides is 3. The Hall–Kier alpha value is -2.87. The molecule has 13 heteroatoms. The number of hydrogen-bond donors (Lipinski definition) is 1. The molecule has 35 heavy (non-hydrogen) atoms. The summed E-state index contributed by atoms with van der Waals surface area (Å²) in [4.78, 5) is 11.0. The summed E-state index contributed by atoms with van der Waals surface area (Å²) in [7, 11) is -3.93. The van der Waals surface area contributed by atoms with Crippen molar-refractivity contribution in [2.45, 2.75) is 49.5 Å². The van der Waals surface area contributed by atoms with Crippen molar-refractivity contribution in [2.24, 2.45) is 0 Å². The van der Waals surface area contributed by atoms with E-state index in [-0.39, 0.29) is 35.8 Å². The third kappa shape index (κ3) is 7.82. The molecule has 0 spiro atoms. The molecule has 1 heterocycles. The fourth-order valence-electron chi connectivity index (χ4n) is 3.43. The molecule has 1 aliphatic rings. The van der Waals surface area contributed by atoms with E-state index in [1.54, 1.807) is 13.8 Å². The van der Waals surface area contributed by atoms with Gasteiger partial charge in [0.1, 0.15) is 17.2 Å². The molecule has 192 valence electrons. The van der Waals surface area contributed by atoms with Gasteiger partial charge in [0.15, 0.2) is 15.6 Å². The summed E-state index contributed by atoms with van der Waals surface area (Å²) in [5.41, 5.74) is 0. The zero-order valence-electron chi connectivity index (χ0n) is 18.8. The number of halogens is 3. The molecule has 1 N–H and O–H groups in total. The highest BCUT2D eigenvalue weighted by atomic mass is 32.2. The SMILES string of the molecule is CC1(C)OC[C@H](C[C@@H](CS(=O)(=O)c2ccc(Oc3ccc(OC(F)(F)F)cc3)cc2)N(O)C=O)O1. The zero-order valence-corrected chi connectivity index (χ0v) is 19.6. The van der Waals surface area contributed by atoms with Gasteiger partial charge in [-0.2, -0.15) is 0 Å². The van der Waals surface area contributed by atoms with Gasteiger partial charge in [0.05, 0.1) is 29.4 Å². The summed E-state index contributed by atoms with van der Waals surface area (Å²) in [6.07, 6.45) is -5.16. The summed E-state index contributed by atoms with van der Waals surface area (Å²) >= 11 is 0. The van der Waals surface area contributed by atoms with E-state index in [0.717, 1.165) is 12.1 Å². The molecule has 1 fully saturated rings. The van der Waals surface area contributed by atoms with Gasteiger partial charge in [-0.25, -0.2) is 13.5 Å². The van der Waals surface area contributed by atoms with Gasteiger partial charge in [-0.1, -0.05) is 0 Å². The van der Waals surface area contributed by atoms with Gasteiger partial charge in [-0.15, -0.1) is 13.2 Å². The van der Waals surface area contributed by atoms with Crippen molar-refractivity contribution in [3.63, 3.8) is 0 Å². The standard InChI is InChI=1S/C22H24F3NO8S/c1-21(2)31-12-19(33-21)11-15(26(28)14-27)13-35(29,30)20-9-7-17(8-10-20)32-16-3-5-18(6-4-16)34-22(23,24)25/h3-10,14-15,19,28H,11-13H2,1-2H3/t15-,19-/m0/s1. The van der Waals surface area contributed by atoms with Crippen LogP contribution in [0.1, 0.15) is 20.3 Å². The Bertz CT molecular complexity index is 1110. The van der Waals surface area contributed by atoms with Crippen LogP contribution >= 0.6 is 0 Å². The monoisotopic (exact) mass is 519 g/mol. The predicted molar refractivity (Wildman–Crippen MR) is 115 cm³/mol. The van der Waals surface area contributed by atoms with Gasteiger partial charge in [0, 0.05) is 0 Å². The topological polar surface area (TPSA) is 112 Å². The Labute approximate surface area is 199 Å². The molecular weight excluding hydrogens is 495 g/mol. The van der Waals surface area contributed by atoms with E-state index in [9.17, 15) is 31.6 Å². The summed E-state index contributed by atoms with van der Waals surface area (Å²) in [5, 5.41) is 10.2. The fraction of sp³-hybridized carbons (Fsp3) is 0.409. The molecule has 0 aromatic heterocycles. The predicted octanol–water partition coefficient (Wildman–Crippen LogP) is 3.91. The zero-order chi connectivity index (χ0) is 25.9. The number of sulfone groups is 1. The van der Waals surface area contributed by atoms with Crippen molar-refractivity contribution >= 4 is 16.2 Å². The minimum atomic E-state index is -4.81. The van der Waals surface area contributed by atoms with Gasteiger partial charge in [-0.3, -0.25) is 10.0 Å². The van der Waals surface area contributed by atoms with E-state index in [1.807, 2.05) is 0 Å². The number of hydroxylamine groups is 2. The second kappa shape index (κ2) is 10.4. The van der Waals surface area contributed by atoms with Crippen LogP contribution in [0, 0.1) is 0 Å². The quantitative estimate of drug-likeness (QED) is 0.286. The van der Waals surface area contributed by atoms with Crippen LogP contribution in [0.5, 0.6) is 17.2 Å². The highest BCUT2D eigenvalue weighted by molar-refractivity contribution is 7.91. The average Bonchev–Trinajstić information content (AvgIpc) is 3.11. The minimum Gasteiger partial charge on any atom is -0.457 e. The van der Waals surface area contributed by atoms with Crippen molar-refractivity contribution < 1.29 is 50.5 Å². The molecule has 2 aromatic rings. The molecule has 1 aliphatic heterocycles. The maximum atomic E-state index is 12.9. The van der Waals surface area contributed by atoms with Crippen molar-refractivity contribution in [1.82, 2.24) is 5.06 Å². The van der Waals surface area contributed by atoms with Crippen molar-refractivity contribution in [3.05, 3.63) is 48.5 Å². The van der Waals surface area contributed by atoms with Gasteiger partial charge in [0.25, 0.3) is 0 Å². The van der Waals surface area contributed by atoms with Gasteiger partial charge in [-0.05, 0) is 68.8 Å². The third-order valence-electron chi connectivity index (χ3n) is 4.97. The second-order valence-corrected chi connectivity index (χ2v) is 10.2. The molecule has 0 unspecified atom stereocenters. The molecule has 3 rings (SSSR count). The van der Waals surface area contributed by atoms with Crippen molar-refractivity contribution in [3.8, 4) is 17.2 Å². The Morgan fingerprint density at radius 3 is 2.14 bits per heavy atom. The number of benzene rings is 2. The number of carbonyl (C=O) groups is 1. The number of carbonyl (C=O) groups excluding carboxylic acids is 1. The third-order valence-corrected chi connectivity index (χ3v) is 6.79. The molecule has 1 amide bonds. The number of nitrogens with zero attached hydrogens (tertiary/aromatic N) is 1. The summed E-state index contributed by atoms with van der Waals surface area (Å²) in [6, 6.07) is 8.92. The lowest BCUT2D eigenvalue weighted by molar-refractivity contribution is -0.274. The Balaban J connectivity index is 1.65. The number of hydrogen-bond acceptors (Lipinski definition) is 8. The van der Waals surface area contributed by atoms with Gasteiger partial charge >= 0.3 is 6.36 Å². The average molecular weight is 519 g/mol. The lowest BCUT2D eigenvalue weighted by Gasteiger charge is -2.25. The lowest BCUT2D eigenvalue weighted by Crippen LogP contribution is -2.40. The first-order valence-corrected chi connectivity index (χ1v) is 12.0. The van der Waals surface area contributed by atoms with Crippen LogP contribution in [-0.4, -0.2) is 61.8 Å². The molecule has 0 radical (unpaired) electrons. The van der Waals surface area contributed by atoms with E-state index in [0.29, 0.717) is 5.06 Å². The van der Waals surface area contributed by atoms with Gasteiger partial charge in [0.2, 0.25) is 6.41 Å². The Morgan fingerprint density at radius 2 is 1.66 bits per heavy atom. The van der Waals surface area contributed by atoms with Crippen LogP contribution in [-0.2, 0) is 24.1 Å². The number of ether oxygens (including phenoxy) is 4. The van der Waals surface area contributed by atoms with Gasteiger partial charge < -0.3 is 18.9 Å². The van der Waals surface area contributed by atoms with Crippen LogP contribution in [0.2, 0.25) is 0 Å². The smallest absolute Gasteiger partial charge is 0.457 e. The van der Waals surface area contributed by atoms with E-state index in [1.165, 1.54) is 36.4 Å². The molecule has 2 atom stereocenters. The van der Waals surface area contributed by atoms with Crippen LogP contribution in [0.25, 0.3) is 0 Å². The molecule has 9 nitrogen and oxygen atoms in total. The lowest BCUT2D eigenvalue weighted by atomic mass is 10.1. The maximum Gasteiger partial charge on any atom is 0.573 e. The molecule has 1 saturated heterocycles. The Kier molecular flexibility index (Phi) is 7.94. The molecule has 0 aliphatic carbocycles. The van der Waals surface area contributed by atoms with Crippen molar-refractivity contribution in [1.29, 1.82) is 0 Å². The van der Waals surface area contributed by atoms with E-state index in [4.69, 9.17) is 14.2 Å². The first kappa shape index (κ1) is 26.7. The molecular formula is C22H24F3NO8S. The Morgan fingerprint density at radius 1 is 1.11 bits per heavy atom. The van der Waals surface area contributed by atoms with Crippen molar-refractivity contribution in [2.75, 3.05) is 12.4 Å². The molecule has 0 bridgehead atoms. The summed E-state index contributed by atoms with van der Waals surface area (Å²) in [5.74, 6) is -1.38. The largest absolute Gasteiger partial charge is 0.573 e. The minimum absolute atomic E-state index is 0.0349. The second-order valence-electron chi connectivity index (χ2n) is 8.20. The van der Waals surface area contributed by atoms with Crippen LogP contribution < -0.4 is 9.47 Å². The van der Waals surface area contributed by atoms with E-state index in [2.05, 4.69) is 4.74 Å². The maximum absolute atomic E-state index is 12.9. The van der Waals surface area contributed by atoms with Crippen LogP contribution in [0.4, 0.5) is 13.2 Å². The van der Waals surface area contributed by atoms with Crippen LogP contribution in [0.15, 0.2) is 53.4 Å². The highest BCUT2D eigenvalue weighted by Crippen LogP contribution is 2.29. The first-order valence-electron chi connectivity index (χ1n) is 10.4.